The molecule has 1 aliphatic heterocycles. The molecule has 1 fully saturated rings. The lowest BCUT2D eigenvalue weighted by atomic mass is 10.2. The van der Waals surface area contributed by atoms with Crippen molar-refractivity contribution < 1.29 is 8.91 Å². The van der Waals surface area contributed by atoms with E-state index in [1.54, 1.807) is 6.20 Å². The van der Waals surface area contributed by atoms with E-state index in [0.717, 1.165) is 30.2 Å². The maximum Gasteiger partial charge on any atom is 0.133 e. The molecule has 1 aliphatic rings. The third-order valence-corrected chi connectivity index (χ3v) is 4.40. The quantitative estimate of drug-likeness (QED) is 0.811. The number of likely N-dealkylation sites (tertiary alicyclic amines) is 1. The van der Waals surface area contributed by atoms with Crippen LogP contribution in [0.1, 0.15) is 23.6 Å². The molecule has 7 heteroatoms. The minimum absolute atomic E-state index is 0.206. The summed E-state index contributed by atoms with van der Waals surface area (Å²) >= 11 is 0. The monoisotopic (exact) mass is 321 g/mol. The first-order chi connectivity index (χ1) is 11.0. The minimum Gasteiger partial charge on any atom is -0.361 e. The van der Waals surface area contributed by atoms with Crippen LogP contribution in [0.25, 0.3) is 0 Å². The second-order valence-electron chi connectivity index (χ2n) is 6.49. The van der Waals surface area contributed by atoms with Gasteiger partial charge < -0.3 is 4.52 Å². The molecule has 2 aromatic rings. The van der Waals surface area contributed by atoms with Crippen molar-refractivity contribution in [1.29, 1.82) is 0 Å². The molecular formula is C16H24FN5O. The van der Waals surface area contributed by atoms with E-state index in [4.69, 9.17) is 4.52 Å². The van der Waals surface area contributed by atoms with E-state index in [1.807, 2.05) is 37.8 Å². The van der Waals surface area contributed by atoms with Crippen LogP contribution >= 0.6 is 0 Å². The molecule has 3 heterocycles. The standard InChI is InChI=1S/C16H24FN5O/c1-12-6-14(19-23-12)9-20(2)10-16-7-13(17)8-22(16)11-15-4-5-18-21(15)3/h4-6,13,16H,7-11H2,1-3H3/t13-,16-/m0/s1. The van der Waals surface area contributed by atoms with E-state index in [0.29, 0.717) is 19.5 Å². The summed E-state index contributed by atoms with van der Waals surface area (Å²) < 4.78 is 20.9. The van der Waals surface area contributed by atoms with Crippen molar-refractivity contribution in [2.24, 2.45) is 7.05 Å². The fourth-order valence-corrected chi connectivity index (χ4v) is 3.26. The lowest BCUT2D eigenvalue weighted by Gasteiger charge is -2.27. The highest BCUT2D eigenvalue weighted by Crippen LogP contribution is 2.23. The van der Waals surface area contributed by atoms with E-state index in [-0.39, 0.29) is 6.04 Å². The van der Waals surface area contributed by atoms with Crippen molar-refractivity contribution >= 4 is 0 Å². The predicted octanol–water partition coefficient (Wildman–Crippen LogP) is 1.76. The van der Waals surface area contributed by atoms with Crippen LogP contribution in [0.15, 0.2) is 22.9 Å². The van der Waals surface area contributed by atoms with Crippen molar-refractivity contribution in [2.45, 2.75) is 38.6 Å². The molecular weight excluding hydrogens is 297 g/mol. The highest BCUT2D eigenvalue weighted by Gasteiger charge is 2.33. The highest BCUT2D eigenvalue weighted by atomic mass is 19.1. The second-order valence-corrected chi connectivity index (χ2v) is 6.49. The first-order valence-electron chi connectivity index (χ1n) is 7.97. The number of alkyl halides is 1. The number of hydrogen-bond donors (Lipinski definition) is 0. The zero-order valence-corrected chi connectivity index (χ0v) is 13.9. The summed E-state index contributed by atoms with van der Waals surface area (Å²) in [6.07, 6.45) is 1.61. The van der Waals surface area contributed by atoms with Gasteiger partial charge in [0.25, 0.3) is 0 Å². The molecule has 126 valence electrons. The van der Waals surface area contributed by atoms with Crippen LogP contribution < -0.4 is 0 Å². The number of aryl methyl sites for hydroxylation is 2. The van der Waals surface area contributed by atoms with Gasteiger partial charge in [0.2, 0.25) is 0 Å². The molecule has 0 aliphatic carbocycles. The maximum atomic E-state index is 13.9. The number of halogens is 1. The largest absolute Gasteiger partial charge is 0.361 e. The Morgan fingerprint density at radius 2 is 2.30 bits per heavy atom. The smallest absolute Gasteiger partial charge is 0.133 e. The van der Waals surface area contributed by atoms with E-state index in [1.165, 1.54) is 0 Å². The molecule has 0 bridgehead atoms. The zero-order chi connectivity index (χ0) is 16.4. The Morgan fingerprint density at radius 3 is 2.96 bits per heavy atom. The molecule has 0 unspecified atom stereocenters. The van der Waals surface area contributed by atoms with Gasteiger partial charge in [-0.05, 0) is 26.5 Å². The van der Waals surface area contributed by atoms with Crippen LogP contribution in [0.3, 0.4) is 0 Å². The number of likely N-dealkylation sites (N-methyl/N-ethyl adjacent to an activating group) is 1. The summed E-state index contributed by atoms with van der Waals surface area (Å²) in [5, 5.41) is 8.21. The molecule has 3 rings (SSSR count). The molecule has 0 aromatic carbocycles. The SMILES string of the molecule is Cc1cc(CN(C)C[C@@H]2C[C@H](F)CN2Cc2ccnn2C)no1. The molecule has 6 nitrogen and oxygen atoms in total. The Bertz CT molecular complexity index is 640. The number of hydrogen-bond acceptors (Lipinski definition) is 5. The normalized spacial score (nSPS) is 22.3. The van der Waals surface area contributed by atoms with Crippen molar-refractivity contribution in [3.8, 4) is 0 Å². The highest BCUT2D eigenvalue weighted by molar-refractivity contribution is 5.04. The van der Waals surface area contributed by atoms with Gasteiger partial charge in [0.05, 0.1) is 11.4 Å². The lowest BCUT2D eigenvalue weighted by molar-refractivity contribution is 0.175. The molecule has 0 N–H and O–H groups in total. The van der Waals surface area contributed by atoms with Gasteiger partial charge in [0.1, 0.15) is 11.9 Å². The fourth-order valence-electron chi connectivity index (χ4n) is 3.26. The number of aromatic nitrogens is 3. The Balaban J connectivity index is 1.59. The fraction of sp³-hybridized carbons (Fsp3) is 0.625. The number of rotatable bonds is 6. The van der Waals surface area contributed by atoms with Gasteiger partial charge in [-0.3, -0.25) is 14.5 Å². The van der Waals surface area contributed by atoms with Gasteiger partial charge in [-0.2, -0.15) is 5.10 Å². The van der Waals surface area contributed by atoms with Gasteiger partial charge in [0, 0.05) is 51.5 Å². The van der Waals surface area contributed by atoms with Gasteiger partial charge >= 0.3 is 0 Å². The average Bonchev–Trinajstić information content (AvgIpc) is 3.15. The van der Waals surface area contributed by atoms with Crippen molar-refractivity contribution in [1.82, 2.24) is 24.7 Å². The van der Waals surface area contributed by atoms with Crippen LogP contribution in [0.4, 0.5) is 4.39 Å². The van der Waals surface area contributed by atoms with Crippen molar-refractivity contribution in [2.75, 3.05) is 20.1 Å². The summed E-state index contributed by atoms with van der Waals surface area (Å²) in [7, 11) is 3.96. The first kappa shape index (κ1) is 16.1. The summed E-state index contributed by atoms with van der Waals surface area (Å²) in [5.41, 5.74) is 2.02. The minimum atomic E-state index is -0.754. The van der Waals surface area contributed by atoms with Gasteiger partial charge in [-0.25, -0.2) is 4.39 Å². The molecule has 0 amide bonds. The molecule has 2 aromatic heterocycles. The van der Waals surface area contributed by atoms with E-state index in [2.05, 4.69) is 20.1 Å². The molecule has 2 atom stereocenters. The average molecular weight is 321 g/mol. The van der Waals surface area contributed by atoms with Gasteiger partial charge in [0.15, 0.2) is 0 Å². The molecule has 0 saturated carbocycles. The molecule has 0 spiro atoms. The maximum absolute atomic E-state index is 13.9. The molecule has 23 heavy (non-hydrogen) atoms. The summed E-state index contributed by atoms with van der Waals surface area (Å²) in [6, 6.07) is 4.14. The third kappa shape index (κ3) is 3.97. The van der Waals surface area contributed by atoms with Gasteiger partial charge in [-0.15, -0.1) is 0 Å². The summed E-state index contributed by atoms with van der Waals surface area (Å²) in [5.74, 6) is 0.816. The summed E-state index contributed by atoms with van der Waals surface area (Å²) in [6.45, 7) is 4.64. The number of nitrogens with zero attached hydrogens (tertiary/aromatic N) is 5. The topological polar surface area (TPSA) is 50.3 Å². The van der Waals surface area contributed by atoms with Crippen LogP contribution in [-0.4, -0.2) is 57.1 Å². The van der Waals surface area contributed by atoms with Crippen LogP contribution in [0.2, 0.25) is 0 Å². The summed E-state index contributed by atoms with van der Waals surface area (Å²) in [4.78, 5) is 4.39. The third-order valence-electron chi connectivity index (χ3n) is 4.40. The molecule has 1 saturated heterocycles. The predicted molar refractivity (Wildman–Crippen MR) is 84.5 cm³/mol. The van der Waals surface area contributed by atoms with E-state index < -0.39 is 6.17 Å². The van der Waals surface area contributed by atoms with E-state index in [9.17, 15) is 4.39 Å². The van der Waals surface area contributed by atoms with Gasteiger partial charge in [-0.1, -0.05) is 5.16 Å². The van der Waals surface area contributed by atoms with Crippen LogP contribution in [-0.2, 0) is 20.1 Å². The second kappa shape index (κ2) is 6.80. The zero-order valence-electron chi connectivity index (χ0n) is 13.9. The Morgan fingerprint density at radius 1 is 1.48 bits per heavy atom. The van der Waals surface area contributed by atoms with Crippen molar-refractivity contribution in [3.63, 3.8) is 0 Å². The van der Waals surface area contributed by atoms with E-state index >= 15 is 0 Å². The Kier molecular flexibility index (Phi) is 4.77. The van der Waals surface area contributed by atoms with Crippen LogP contribution in [0.5, 0.6) is 0 Å². The Labute approximate surface area is 135 Å². The molecule has 0 radical (unpaired) electrons. The first-order valence-corrected chi connectivity index (χ1v) is 7.97. The van der Waals surface area contributed by atoms with Crippen molar-refractivity contribution in [3.05, 3.63) is 35.5 Å². The Hall–Kier alpha value is -1.73. The lowest BCUT2D eigenvalue weighted by Crippen LogP contribution is -2.38. The van der Waals surface area contributed by atoms with Crippen LogP contribution in [0, 0.1) is 6.92 Å².